The summed E-state index contributed by atoms with van der Waals surface area (Å²) in [7, 11) is 0. The van der Waals surface area contributed by atoms with E-state index in [1.165, 1.54) is 18.2 Å². The van der Waals surface area contributed by atoms with Gasteiger partial charge in [0.1, 0.15) is 5.82 Å². The molecule has 0 radical (unpaired) electrons. The van der Waals surface area contributed by atoms with E-state index in [4.69, 9.17) is 4.74 Å². The maximum Gasteiger partial charge on any atom is 0.279 e. The SMILES string of the molecule is Cc1cc2nc(OC(C)C)c(C(=O)Nc3cccc(F)c3)nc2cc1C. The Morgan fingerprint density at radius 3 is 2.35 bits per heavy atom. The first-order valence-corrected chi connectivity index (χ1v) is 8.36. The van der Waals surface area contributed by atoms with Crippen molar-refractivity contribution in [2.45, 2.75) is 33.8 Å². The molecule has 0 atom stereocenters. The summed E-state index contributed by atoms with van der Waals surface area (Å²) in [5.41, 5.74) is 3.81. The smallest absolute Gasteiger partial charge is 0.279 e. The van der Waals surface area contributed by atoms with Gasteiger partial charge in [-0.2, -0.15) is 0 Å². The average molecular weight is 353 g/mol. The molecule has 0 fully saturated rings. The number of hydrogen-bond donors (Lipinski definition) is 1. The van der Waals surface area contributed by atoms with Crippen LogP contribution in [0.5, 0.6) is 5.88 Å². The first kappa shape index (κ1) is 17.8. The maximum absolute atomic E-state index is 13.4. The third-order valence-corrected chi connectivity index (χ3v) is 3.89. The highest BCUT2D eigenvalue weighted by Crippen LogP contribution is 2.24. The summed E-state index contributed by atoms with van der Waals surface area (Å²) in [5.74, 6) is -0.777. The molecule has 0 aliphatic rings. The monoisotopic (exact) mass is 353 g/mol. The molecule has 1 N–H and O–H groups in total. The number of fused-ring (bicyclic) bond motifs is 1. The van der Waals surface area contributed by atoms with Crippen LogP contribution in [0, 0.1) is 19.7 Å². The lowest BCUT2D eigenvalue weighted by molar-refractivity contribution is 0.101. The molecule has 0 aliphatic carbocycles. The van der Waals surface area contributed by atoms with Gasteiger partial charge < -0.3 is 10.1 Å². The Balaban J connectivity index is 2.06. The quantitative estimate of drug-likeness (QED) is 0.754. The standard InChI is InChI=1S/C20H20FN3O2/c1-11(2)26-20-18(19(25)22-15-7-5-6-14(21)10-15)23-16-8-12(3)13(4)9-17(16)24-20/h5-11H,1-4H3,(H,22,25). The van der Waals surface area contributed by atoms with E-state index in [9.17, 15) is 9.18 Å². The van der Waals surface area contributed by atoms with Crippen molar-refractivity contribution in [1.29, 1.82) is 0 Å². The number of anilines is 1. The highest BCUT2D eigenvalue weighted by molar-refractivity contribution is 6.05. The fraction of sp³-hybridized carbons (Fsp3) is 0.250. The molecule has 0 unspecified atom stereocenters. The number of hydrogen-bond acceptors (Lipinski definition) is 4. The Hall–Kier alpha value is -3.02. The van der Waals surface area contributed by atoms with Crippen molar-refractivity contribution in [3.8, 4) is 5.88 Å². The minimum Gasteiger partial charge on any atom is -0.473 e. The second-order valence-electron chi connectivity index (χ2n) is 6.43. The normalized spacial score (nSPS) is 11.0. The lowest BCUT2D eigenvalue weighted by Gasteiger charge is -2.14. The van der Waals surface area contributed by atoms with Gasteiger partial charge in [0.15, 0.2) is 5.69 Å². The zero-order valence-electron chi connectivity index (χ0n) is 15.1. The van der Waals surface area contributed by atoms with Crippen LogP contribution in [0.25, 0.3) is 11.0 Å². The number of nitrogens with zero attached hydrogens (tertiary/aromatic N) is 2. The predicted octanol–water partition coefficient (Wildman–Crippen LogP) is 4.43. The molecule has 1 aromatic heterocycles. The van der Waals surface area contributed by atoms with Crippen molar-refractivity contribution < 1.29 is 13.9 Å². The number of carbonyl (C=O) groups is 1. The summed E-state index contributed by atoms with van der Waals surface area (Å²) in [6, 6.07) is 9.47. The second-order valence-corrected chi connectivity index (χ2v) is 6.43. The van der Waals surface area contributed by atoms with E-state index in [-0.39, 0.29) is 17.7 Å². The van der Waals surface area contributed by atoms with Gasteiger partial charge in [0.05, 0.1) is 17.1 Å². The van der Waals surface area contributed by atoms with Crippen LogP contribution in [0.1, 0.15) is 35.5 Å². The highest BCUT2D eigenvalue weighted by atomic mass is 19.1. The number of ether oxygens (including phenoxy) is 1. The molecule has 1 amide bonds. The number of aryl methyl sites for hydroxylation is 2. The summed E-state index contributed by atoms with van der Waals surface area (Å²) in [5, 5.41) is 2.64. The van der Waals surface area contributed by atoms with Crippen LogP contribution < -0.4 is 10.1 Å². The number of halogens is 1. The minimum absolute atomic E-state index is 0.0683. The molecule has 3 aromatic rings. The minimum atomic E-state index is -0.501. The van der Waals surface area contributed by atoms with Crippen molar-refractivity contribution in [2.24, 2.45) is 0 Å². The van der Waals surface area contributed by atoms with E-state index < -0.39 is 11.7 Å². The molecule has 0 saturated carbocycles. The van der Waals surface area contributed by atoms with Gasteiger partial charge in [-0.25, -0.2) is 14.4 Å². The van der Waals surface area contributed by atoms with Crippen molar-refractivity contribution in [3.63, 3.8) is 0 Å². The predicted molar refractivity (Wildman–Crippen MR) is 99.1 cm³/mol. The highest BCUT2D eigenvalue weighted by Gasteiger charge is 2.19. The lowest BCUT2D eigenvalue weighted by atomic mass is 10.1. The van der Waals surface area contributed by atoms with Crippen LogP contribution in [-0.4, -0.2) is 22.0 Å². The molecule has 0 saturated heterocycles. The number of rotatable bonds is 4. The lowest BCUT2D eigenvalue weighted by Crippen LogP contribution is -2.18. The summed E-state index contributed by atoms with van der Waals surface area (Å²) >= 11 is 0. The van der Waals surface area contributed by atoms with Gasteiger partial charge in [-0.15, -0.1) is 0 Å². The Labute approximate surface area is 151 Å². The summed E-state index contributed by atoms with van der Waals surface area (Å²) in [6.07, 6.45) is -0.172. The van der Waals surface area contributed by atoms with E-state index >= 15 is 0 Å². The molecule has 26 heavy (non-hydrogen) atoms. The largest absolute Gasteiger partial charge is 0.473 e. The molecule has 0 bridgehead atoms. The van der Waals surface area contributed by atoms with Crippen LogP contribution in [0.2, 0.25) is 0 Å². The van der Waals surface area contributed by atoms with Gasteiger partial charge in [-0.3, -0.25) is 4.79 Å². The van der Waals surface area contributed by atoms with Gasteiger partial charge in [0.25, 0.3) is 5.91 Å². The van der Waals surface area contributed by atoms with Crippen molar-refractivity contribution in [1.82, 2.24) is 9.97 Å². The molecular formula is C20H20FN3O2. The van der Waals surface area contributed by atoms with Crippen LogP contribution in [-0.2, 0) is 0 Å². The van der Waals surface area contributed by atoms with E-state index in [2.05, 4.69) is 15.3 Å². The van der Waals surface area contributed by atoms with Gasteiger partial charge >= 0.3 is 0 Å². The maximum atomic E-state index is 13.4. The van der Waals surface area contributed by atoms with E-state index in [0.717, 1.165) is 11.1 Å². The number of aromatic nitrogens is 2. The van der Waals surface area contributed by atoms with Crippen LogP contribution in [0.15, 0.2) is 36.4 Å². The molecule has 1 heterocycles. The third kappa shape index (κ3) is 3.79. The van der Waals surface area contributed by atoms with Crippen LogP contribution in [0.3, 0.4) is 0 Å². The van der Waals surface area contributed by atoms with Gasteiger partial charge in [0, 0.05) is 5.69 Å². The van der Waals surface area contributed by atoms with E-state index in [1.54, 1.807) is 6.07 Å². The van der Waals surface area contributed by atoms with Crippen LogP contribution in [0.4, 0.5) is 10.1 Å². The Kier molecular flexibility index (Phi) is 4.84. The number of benzene rings is 2. The van der Waals surface area contributed by atoms with Crippen molar-refractivity contribution in [3.05, 3.63) is 59.0 Å². The second kappa shape index (κ2) is 7.07. The topological polar surface area (TPSA) is 64.1 Å². The first-order chi connectivity index (χ1) is 12.3. The fourth-order valence-corrected chi connectivity index (χ4v) is 2.51. The zero-order chi connectivity index (χ0) is 18.8. The number of amides is 1. The average Bonchev–Trinajstić information content (AvgIpc) is 2.55. The molecule has 134 valence electrons. The molecule has 6 heteroatoms. The molecular weight excluding hydrogens is 333 g/mol. The Bertz CT molecular complexity index is 986. The first-order valence-electron chi connectivity index (χ1n) is 8.36. The third-order valence-electron chi connectivity index (χ3n) is 3.89. The summed E-state index contributed by atoms with van der Waals surface area (Å²) < 4.78 is 19.1. The molecule has 0 aliphatic heterocycles. The number of carbonyl (C=O) groups excluding carboxylic acids is 1. The van der Waals surface area contributed by atoms with Gasteiger partial charge in [0.2, 0.25) is 5.88 Å². The molecule has 5 nitrogen and oxygen atoms in total. The Morgan fingerprint density at radius 1 is 1.08 bits per heavy atom. The molecule has 2 aromatic carbocycles. The molecule has 3 rings (SSSR count). The number of nitrogens with one attached hydrogen (secondary N) is 1. The Morgan fingerprint density at radius 2 is 1.73 bits per heavy atom. The van der Waals surface area contributed by atoms with Gasteiger partial charge in [-0.1, -0.05) is 6.07 Å². The van der Waals surface area contributed by atoms with Crippen molar-refractivity contribution in [2.75, 3.05) is 5.32 Å². The van der Waals surface area contributed by atoms with Crippen molar-refractivity contribution >= 4 is 22.6 Å². The summed E-state index contributed by atoms with van der Waals surface area (Å²) in [6.45, 7) is 7.66. The zero-order valence-corrected chi connectivity index (χ0v) is 15.1. The fourth-order valence-electron chi connectivity index (χ4n) is 2.51. The van der Waals surface area contributed by atoms with Crippen LogP contribution >= 0.6 is 0 Å². The molecule has 0 spiro atoms. The summed E-state index contributed by atoms with van der Waals surface area (Å²) in [4.78, 5) is 21.6. The van der Waals surface area contributed by atoms with E-state index in [0.29, 0.717) is 16.7 Å². The van der Waals surface area contributed by atoms with Gasteiger partial charge in [-0.05, 0) is 69.2 Å². The van der Waals surface area contributed by atoms with E-state index in [1.807, 2.05) is 39.8 Å².